The van der Waals surface area contributed by atoms with Crippen LogP contribution in [0.5, 0.6) is 0 Å². The van der Waals surface area contributed by atoms with Gasteiger partial charge in [0.15, 0.2) is 5.82 Å². The van der Waals surface area contributed by atoms with Crippen LogP contribution in [0.4, 0.5) is 0 Å². The first-order valence-electron chi connectivity index (χ1n) is 5.73. The largest absolute Gasteiger partial charge is 0.263 e. The molecule has 0 bridgehead atoms. The third-order valence-electron chi connectivity index (χ3n) is 2.54. The summed E-state index contributed by atoms with van der Waals surface area (Å²) in [5.41, 5.74) is 2.55. The summed E-state index contributed by atoms with van der Waals surface area (Å²) >= 11 is 0. The van der Waals surface area contributed by atoms with Crippen molar-refractivity contribution in [1.82, 2.24) is 15.2 Å². The van der Waals surface area contributed by atoms with Crippen molar-refractivity contribution in [3.63, 3.8) is 0 Å². The zero-order valence-corrected chi connectivity index (χ0v) is 9.83. The first-order chi connectivity index (χ1) is 7.78. The van der Waals surface area contributed by atoms with Gasteiger partial charge in [-0.15, -0.1) is 0 Å². The molecule has 0 amide bonds. The minimum atomic E-state index is 0.830. The number of hydrogen-bond donors (Lipinski definition) is 1. The van der Waals surface area contributed by atoms with Crippen LogP contribution in [0.2, 0.25) is 0 Å². The summed E-state index contributed by atoms with van der Waals surface area (Å²) < 4.78 is 0. The highest BCUT2D eigenvalue weighted by atomic mass is 15.2. The number of rotatable bonds is 4. The Balaban J connectivity index is 2.05. The van der Waals surface area contributed by atoms with Gasteiger partial charge in [-0.25, -0.2) is 4.98 Å². The van der Waals surface area contributed by atoms with E-state index < -0.39 is 0 Å². The van der Waals surface area contributed by atoms with Crippen molar-refractivity contribution >= 4 is 0 Å². The van der Waals surface area contributed by atoms with Crippen molar-refractivity contribution in [3.8, 4) is 0 Å². The second kappa shape index (κ2) is 4.92. The van der Waals surface area contributed by atoms with Crippen molar-refractivity contribution in [2.45, 2.75) is 33.1 Å². The lowest BCUT2D eigenvalue weighted by Gasteiger charge is -1.98. The monoisotopic (exact) mass is 215 g/mol. The molecular weight excluding hydrogens is 198 g/mol. The maximum Gasteiger partial charge on any atom is 0.150 e. The second-order valence-corrected chi connectivity index (χ2v) is 4.11. The molecule has 0 fully saturated rings. The molecule has 1 aromatic carbocycles. The zero-order chi connectivity index (χ0) is 11.4. The number of aromatic amines is 1. The van der Waals surface area contributed by atoms with Crippen LogP contribution in [0.3, 0.4) is 0 Å². The van der Waals surface area contributed by atoms with E-state index in [1.54, 1.807) is 0 Å². The Labute approximate surface area is 95.9 Å². The van der Waals surface area contributed by atoms with E-state index in [0.29, 0.717) is 0 Å². The number of nitrogens with one attached hydrogen (secondary N) is 1. The van der Waals surface area contributed by atoms with E-state index in [1.807, 2.05) is 0 Å². The molecule has 0 saturated carbocycles. The van der Waals surface area contributed by atoms with E-state index in [9.17, 15) is 0 Å². The van der Waals surface area contributed by atoms with Crippen LogP contribution in [0, 0.1) is 6.92 Å². The second-order valence-electron chi connectivity index (χ2n) is 4.11. The van der Waals surface area contributed by atoms with Crippen LogP contribution in [0.15, 0.2) is 24.3 Å². The molecule has 1 N–H and O–H groups in total. The number of aryl methyl sites for hydroxylation is 2. The Morgan fingerprint density at radius 2 is 1.94 bits per heavy atom. The predicted octanol–water partition coefficient (Wildman–Crippen LogP) is 2.66. The van der Waals surface area contributed by atoms with Gasteiger partial charge >= 0.3 is 0 Å². The standard InChI is InChI=1S/C13H17N3/c1-3-4-12-14-13(16-15-12)9-11-7-5-10(2)6-8-11/h5-8H,3-4,9H2,1-2H3,(H,14,15,16). The molecule has 0 radical (unpaired) electrons. The van der Waals surface area contributed by atoms with Gasteiger partial charge < -0.3 is 0 Å². The zero-order valence-electron chi connectivity index (χ0n) is 9.83. The summed E-state index contributed by atoms with van der Waals surface area (Å²) in [6.07, 6.45) is 2.86. The molecule has 3 nitrogen and oxygen atoms in total. The Morgan fingerprint density at radius 3 is 2.62 bits per heavy atom. The molecule has 84 valence electrons. The van der Waals surface area contributed by atoms with E-state index >= 15 is 0 Å². The summed E-state index contributed by atoms with van der Waals surface area (Å²) in [6.45, 7) is 4.23. The SMILES string of the molecule is CCCc1n[nH]c(Cc2ccc(C)cc2)n1. The van der Waals surface area contributed by atoms with Crippen molar-refractivity contribution in [3.05, 3.63) is 47.0 Å². The van der Waals surface area contributed by atoms with Gasteiger partial charge in [0.1, 0.15) is 5.82 Å². The summed E-state index contributed by atoms with van der Waals surface area (Å²) in [5, 5.41) is 7.18. The van der Waals surface area contributed by atoms with E-state index in [1.165, 1.54) is 11.1 Å². The fraction of sp³-hybridized carbons (Fsp3) is 0.385. The van der Waals surface area contributed by atoms with Crippen LogP contribution >= 0.6 is 0 Å². The van der Waals surface area contributed by atoms with Crippen LogP contribution < -0.4 is 0 Å². The molecule has 0 spiro atoms. The first kappa shape index (κ1) is 10.9. The third-order valence-corrected chi connectivity index (χ3v) is 2.54. The molecule has 2 rings (SSSR count). The Bertz CT molecular complexity index is 442. The Kier molecular flexibility index (Phi) is 3.34. The fourth-order valence-corrected chi connectivity index (χ4v) is 1.65. The lowest BCUT2D eigenvalue weighted by atomic mass is 10.1. The maximum atomic E-state index is 4.45. The minimum Gasteiger partial charge on any atom is -0.263 e. The van der Waals surface area contributed by atoms with Crippen molar-refractivity contribution in [2.24, 2.45) is 0 Å². The Morgan fingerprint density at radius 1 is 1.19 bits per heavy atom. The molecule has 0 aliphatic carbocycles. The van der Waals surface area contributed by atoms with Crippen LogP contribution in [0.25, 0.3) is 0 Å². The first-order valence-corrected chi connectivity index (χ1v) is 5.73. The van der Waals surface area contributed by atoms with E-state index in [2.05, 4.69) is 53.3 Å². The number of aromatic nitrogens is 3. The van der Waals surface area contributed by atoms with Crippen molar-refractivity contribution < 1.29 is 0 Å². The van der Waals surface area contributed by atoms with Gasteiger partial charge in [-0.3, -0.25) is 5.10 Å². The topological polar surface area (TPSA) is 41.6 Å². The molecule has 16 heavy (non-hydrogen) atoms. The lowest BCUT2D eigenvalue weighted by molar-refractivity contribution is 0.841. The number of benzene rings is 1. The summed E-state index contributed by atoms with van der Waals surface area (Å²) in [5.74, 6) is 1.87. The van der Waals surface area contributed by atoms with Gasteiger partial charge in [0.05, 0.1) is 0 Å². The highest BCUT2D eigenvalue weighted by molar-refractivity contribution is 5.23. The fourth-order valence-electron chi connectivity index (χ4n) is 1.65. The predicted molar refractivity (Wildman–Crippen MR) is 64.4 cm³/mol. The number of H-pyrrole nitrogens is 1. The average molecular weight is 215 g/mol. The summed E-state index contributed by atoms with van der Waals surface area (Å²) in [4.78, 5) is 4.45. The molecule has 0 aliphatic heterocycles. The van der Waals surface area contributed by atoms with E-state index in [4.69, 9.17) is 0 Å². The molecule has 2 aromatic rings. The molecule has 0 unspecified atom stereocenters. The number of hydrogen-bond acceptors (Lipinski definition) is 2. The van der Waals surface area contributed by atoms with Crippen molar-refractivity contribution in [1.29, 1.82) is 0 Å². The molecule has 0 aliphatic rings. The van der Waals surface area contributed by atoms with Gasteiger partial charge in [-0.2, -0.15) is 5.10 Å². The summed E-state index contributed by atoms with van der Waals surface area (Å²) in [6, 6.07) is 8.52. The third kappa shape index (κ3) is 2.69. The highest BCUT2D eigenvalue weighted by Gasteiger charge is 2.03. The normalized spacial score (nSPS) is 10.6. The van der Waals surface area contributed by atoms with Crippen LogP contribution in [-0.2, 0) is 12.8 Å². The quantitative estimate of drug-likeness (QED) is 0.851. The lowest BCUT2D eigenvalue weighted by Crippen LogP contribution is -1.91. The van der Waals surface area contributed by atoms with E-state index in [-0.39, 0.29) is 0 Å². The smallest absolute Gasteiger partial charge is 0.150 e. The molecule has 0 atom stereocenters. The average Bonchev–Trinajstić information content (AvgIpc) is 2.70. The van der Waals surface area contributed by atoms with E-state index in [0.717, 1.165) is 30.9 Å². The minimum absolute atomic E-state index is 0.830. The molecular formula is C13H17N3. The molecule has 1 aromatic heterocycles. The maximum absolute atomic E-state index is 4.45. The van der Waals surface area contributed by atoms with Gasteiger partial charge in [0.2, 0.25) is 0 Å². The van der Waals surface area contributed by atoms with Crippen molar-refractivity contribution in [2.75, 3.05) is 0 Å². The van der Waals surface area contributed by atoms with Gasteiger partial charge in [0, 0.05) is 12.8 Å². The Hall–Kier alpha value is -1.64. The molecule has 1 heterocycles. The van der Waals surface area contributed by atoms with Crippen LogP contribution in [-0.4, -0.2) is 15.2 Å². The number of nitrogens with zero attached hydrogens (tertiary/aromatic N) is 2. The van der Waals surface area contributed by atoms with Gasteiger partial charge in [-0.1, -0.05) is 36.8 Å². The van der Waals surface area contributed by atoms with Gasteiger partial charge in [-0.05, 0) is 18.9 Å². The molecule has 3 heteroatoms. The molecule has 0 saturated heterocycles. The highest BCUT2D eigenvalue weighted by Crippen LogP contribution is 2.07. The summed E-state index contributed by atoms with van der Waals surface area (Å²) in [7, 11) is 0. The van der Waals surface area contributed by atoms with Crippen LogP contribution in [0.1, 0.15) is 36.1 Å². The van der Waals surface area contributed by atoms with Gasteiger partial charge in [0.25, 0.3) is 0 Å².